The Kier molecular flexibility index (Phi) is 9.26. The Balaban J connectivity index is 1.48. The van der Waals surface area contributed by atoms with Gasteiger partial charge in [-0.2, -0.15) is 10.4 Å². The fourth-order valence-electron chi connectivity index (χ4n) is 5.07. The van der Waals surface area contributed by atoms with Crippen LogP contribution in [0.5, 0.6) is 0 Å². The van der Waals surface area contributed by atoms with Crippen molar-refractivity contribution in [3.8, 4) is 17.3 Å². The molecule has 0 fully saturated rings. The molecule has 2 aromatic heterocycles. The number of benzene rings is 3. The fraction of sp³-hybridized carbons (Fsp3) is 0.229. The van der Waals surface area contributed by atoms with E-state index in [1.807, 2.05) is 33.8 Å². The standard InChI is InChI=1S/C35H31ClF3N7/c1-34(2,24-5-9-27(37)10-6-24)20-41-31-14-13-29(43-44-31)22-15-23(18-40)33(39)30(16-22)46(32-17-26(36)19-42-45-32)21-35(3,4)25-7-11-28(38)12-8-25/h5-17,19H,20-21H2,1-4H3,(H,41,44). The topological polar surface area (TPSA) is 90.6 Å². The van der Waals surface area contributed by atoms with Crippen LogP contribution in [0.3, 0.4) is 0 Å². The van der Waals surface area contributed by atoms with E-state index in [9.17, 15) is 14.0 Å². The molecule has 5 rings (SSSR count). The molecule has 0 aliphatic heterocycles. The molecule has 0 atom stereocenters. The van der Waals surface area contributed by atoms with E-state index in [1.165, 1.54) is 36.5 Å². The summed E-state index contributed by atoms with van der Waals surface area (Å²) < 4.78 is 43.1. The average molecular weight is 642 g/mol. The monoisotopic (exact) mass is 641 g/mol. The molecule has 3 aromatic carbocycles. The van der Waals surface area contributed by atoms with E-state index in [0.29, 0.717) is 28.6 Å². The summed E-state index contributed by atoms with van der Waals surface area (Å²) in [6.45, 7) is 8.62. The third-order valence-electron chi connectivity index (χ3n) is 7.83. The largest absolute Gasteiger partial charge is 0.368 e. The predicted molar refractivity (Wildman–Crippen MR) is 174 cm³/mol. The van der Waals surface area contributed by atoms with Gasteiger partial charge >= 0.3 is 0 Å². The van der Waals surface area contributed by atoms with E-state index in [4.69, 9.17) is 11.6 Å². The molecule has 0 spiro atoms. The molecule has 0 aliphatic rings. The molecular weight excluding hydrogens is 611 g/mol. The first kappa shape index (κ1) is 32.4. The lowest BCUT2D eigenvalue weighted by Gasteiger charge is -2.34. The zero-order chi connectivity index (χ0) is 33.1. The molecule has 2 heterocycles. The molecule has 0 radical (unpaired) electrons. The third-order valence-corrected chi connectivity index (χ3v) is 8.03. The number of halogens is 4. The Bertz CT molecular complexity index is 1870. The number of nitrogens with one attached hydrogen (secondary N) is 1. The Morgan fingerprint density at radius 2 is 1.43 bits per heavy atom. The minimum absolute atomic E-state index is 0.0610. The number of rotatable bonds is 10. The highest BCUT2D eigenvalue weighted by atomic mass is 35.5. The zero-order valence-electron chi connectivity index (χ0n) is 25.7. The summed E-state index contributed by atoms with van der Waals surface area (Å²) >= 11 is 6.26. The fourth-order valence-corrected chi connectivity index (χ4v) is 5.21. The Morgan fingerprint density at radius 3 is 2.00 bits per heavy atom. The number of aromatic nitrogens is 4. The number of anilines is 3. The number of nitriles is 1. The number of nitrogens with zero attached hydrogens (tertiary/aromatic N) is 6. The highest BCUT2D eigenvalue weighted by molar-refractivity contribution is 6.30. The third kappa shape index (κ3) is 7.27. The van der Waals surface area contributed by atoms with Gasteiger partial charge in [0.05, 0.1) is 28.2 Å². The van der Waals surface area contributed by atoms with Crippen LogP contribution in [0.25, 0.3) is 11.3 Å². The van der Waals surface area contributed by atoms with Crippen molar-refractivity contribution in [2.24, 2.45) is 0 Å². The van der Waals surface area contributed by atoms with E-state index in [2.05, 4.69) is 25.7 Å². The van der Waals surface area contributed by atoms with Gasteiger partial charge in [0.25, 0.3) is 0 Å². The number of hydrogen-bond acceptors (Lipinski definition) is 7. The molecule has 5 aromatic rings. The van der Waals surface area contributed by atoms with Gasteiger partial charge in [-0.1, -0.05) is 63.6 Å². The van der Waals surface area contributed by atoms with Crippen LogP contribution in [0.2, 0.25) is 5.02 Å². The van der Waals surface area contributed by atoms with Crippen molar-refractivity contribution in [1.29, 1.82) is 5.26 Å². The maximum absolute atomic E-state index is 16.0. The molecule has 11 heteroatoms. The molecule has 0 aliphatic carbocycles. The van der Waals surface area contributed by atoms with Gasteiger partial charge in [0, 0.05) is 35.5 Å². The molecule has 7 nitrogen and oxygen atoms in total. The second kappa shape index (κ2) is 13.2. The lowest BCUT2D eigenvalue weighted by Crippen LogP contribution is -2.35. The maximum Gasteiger partial charge on any atom is 0.164 e. The lowest BCUT2D eigenvalue weighted by molar-refractivity contribution is 0.522. The summed E-state index contributed by atoms with van der Waals surface area (Å²) in [7, 11) is 0. The van der Waals surface area contributed by atoms with Crippen LogP contribution in [0.15, 0.2) is 85.1 Å². The van der Waals surface area contributed by atoms with Gasteiger partial charge in [0.15, 0.2) is 11.6 Å². The Hall–Kier alpha value is -5.01. The minimum atomic E-state index is -0.753. The predicted octanol–water partition coefficient (Wildman–Crippen LogP) is 8.38. The lowest BCUT2D eigenvalue weighted by atomic mass is 9.84. The highest BCUT2D eigenvalue weighted by Crippen LogP contribution is 2.37. The highest BCUT2D eigenvalue weighted by Gasteiger charge is 2.29. The maximum atomic E-state index is 16.0. The second-order valence-electron chi connectivity index (χ2n) is 12.2. The van der Waals surface area contributed by atoms with Crippen molar-refractivity contribution >= 4 is 28.9 Å². The van der Waals surface area contributed by atoms with Crippen LogP contribution >= 0.6 is 11.6 Å². The second-order valence-corrected chi connectivity index (χ2v) is 12.7. The molecule has 0 saturated heterocycles. The van der Waals surface area contributed by atoms with Crippen molar-refractivity contribution in [2.45, 2.75) is 38.5 Å². The number of hydrogen-bond donors (Lipinski definition) is 1. The summed E-state index contributed by atoms with van der Waals surface area (Å²) in [4.78, 5) is 1.60. The van der Waals surface area contributed by atoms with E-state index in [0.717, 1.165) is 11.1 Å². The Labute approximate surface area is 270 Å². The summed E-state index contributed by atoms with van der Waals surface area (Å²) in [5.74, 6) is -0.640. The van der Waals surface area contributed by atoms with E-state index in [1.54, 1.807) is 53.4 Å². The van der Waals surface area contributed by atoms with Crippen LogP contribution < -0.4 is 10.2 Å². The van der Waals surface area contributed by atoms with Gasteiger partial charge in [0.1, 0.15) is 23.5 Å². The van der Waals surface area contributed by atoms with Crippen molar-refractivity contribution in [1.82, 2.24) is 20.4 Å². The van der Waals surface area contributed by atoms with Crippen molar-refractivity contribution in [3.63, 3.8) is 0 Å². The first-order valence-electron chi connectivity index (χ1n) is 14.5. The van der Waals surface area contributed by atoms with Crippen molar-refractivity contribution < 1.29 is 13.2 Å². The van der Waals surface area contributed by atoms with Gasteiger partial charge < -0.3 is 10.2 Å². The first-order chi connectivity index (χ1) is 21.9. The van der Waals surface area contributed by atoms with Gasteiger partial charge in [-0.3, -0.25) is 0 Å². The van der Waals surface area contributed by atoms with E-state index >= 15 is 4.39 Å². The van der Waals surface area contributed by atoms with Crippen LogP contribution in [0.1, 0.15) is 44.4 Å². The molecule has 0 amide bonds. The first-order valence-corrected chi connectivity index (χ1v) is 14.8. The van der Waals surface area contributed by atoms with Crippen LogP contribution in [0.4, 0.5) is 30.5 Å². The molecule has 0 saturated carbocycles. The molecular formula is C35H31ClF3N7. The van der Waals surface area contributed by atoms with E-state index in [-0.39, 0.29) is 40.7 Å². The smallest absolute Gasteiger partial charge is 0.164 e. The molecule has 46 heavy (non-hydrogen) atoms. The van der Waals surface area contributed by atoms with Gasteiger partial charge in [0.2, 0.25) is 0 Å². The SMILES string of the molecule is CC(C)(CNc1ccc(-c2cc(C#N)c(F)c(N(CC(C)(C)c3ccc(F)cc3)c3cc(Cl)cnn3)c2)nn1)c1ccc(F)cc1. The molecule has 1 N–H and O–H groups in total. The summed E-state index contributed by atoms with van der Waals surface area (Å²) in [6.07, 6.45) is 1.37. The van der Waals surface area contributed by atoms with Crippen LogP contribution in [-0.2, 0) is 10.8 Å². The summed E-state index contributed by atoms with van der Waals surface area (Å²) in [5, 5.41) is 30.3. The van der Waals surface area contributed by atoms with Crippen molar-refractivity contribution in [2.75, 3.05) is 23.3 Å². The molecule has 0 bridgehead atoms. The average Bonchev–Trinajstić information content (AvgIpc) is 3.04. The van der Waals surface area contributed by atoms with Gasteiger partial charge in [-0.25, -0.2) is 13.2 Å². The quantitative estimate of drug-likeness (QED) is 0.164. The molecule has 0 unspecified atom stereocenters. The van der Waals surface area contributed by atoms with Gasteiger partial charge in [-0.05, 0) is 59.7 Å². The summed E-state index contributed by atoms with van der Waals surface area (Å²) in [5.41, 5.74) is 1.54. The minimum Gasteiger partial charge on any atom is -0.368 e. The van der Waals surface area contributed by atoms with Crippen LogP contribution in [-0.4, -0.2) is 33.5 Å². The summed E-state index contributed by atoms with van der Waals surface area (Å²) in [6, 6.07) is 22.4. The zero-order valence-corrected chi connectivity index (χ0v) is 26.4. The van der Waals surface area contributed by atoms with Gasteiger partial charge in [-0.15, -0.1) is 15.3 Å². The molecule has 234 valence electrons. The van der Waals surface area contributed by atoms with E-state index < -0.39 is 11.2 Å². The van der Waals surface area contributed by atoms with Crippen molar-refractivity contribution in [3.05, 3.63) is 124 Å². The Morgan fingerprint density at radius 1 is 0.804 bits per heavy atom. The normalized spacial score (nSPS) is 11.6. The van der Waals surface area contributed by atoms with Crippen LogP contribution in [0, 0.1) is 28.8 Å².